The molecule has 0 saturated carbocycles. The SMILES string of the molecule is CC1(C)CCSCC1(O)c1cccc2c1OCCC2. The van der Waals surface area contributed by atoms with Crippen molar-refractivity contribution in [3.8, 4) is 5.75 Å². The van der Waals surface area contributed by atoms with Crippen molar-refractivity contribution in [2.75, 3.05) is 18.1 Å². The van der Waals surface area contributed by atoms with Crippen LogP contribution in [0.5, 0.6) is 5.75 Å². The predicted octanol–water partition coefficient (Wildman–Crippen LogP) is 3.36. The Morgan fingerprint density at radius 3 is 2.95 bits per heavy atom. The molecule has 2 heterocycles. The smallest absolute Gasteiger partial charge is 0.128 e. The molecule has 3 heteroatoms. The monoisotopic (exact) mass is 278 g/mol. The Morgan fingerprint density at radius 2 is 2.16 bits per heavy atom. The van der Waals surface area contributed by atoms with Gasteiger partial charge in [0.1, 0.15) is 11.4 Å². The molecule has 1 fully saturated rings. The van der Waals surface area contributed by atoms with Gasteiger partial charge in [0.2, 0.25) is 0 Å². The lowest BCUT2D eigenvalue weighted by molar-refractivity contribution is -0.0598. The molecule has 2 aliphatic rings. The summed E-state index contributed by atoms with van der Waals surface area (Å²) in [5.74, 6) is 2.84. The lowest BCUT2D eigenvalue weighted by atomic mass is 9.69. The maximum atomic E-state index is 11.3. The van der Waals surface area contributed by atoms with E-state index in [0.717, 1.165) is 48.7 Å². The van der Waals surface area contributed by atoms with E-state index in [2.05, 4.69) is 32.0 Å². The van der Waals surface area contributed by atoms with Gasteiger partial charge in [-0.1, -0.05) is 32.0 Å². The molecule has 19 heavy (non-hydrogen) atoms. The lowest BCUT2D eigenvalue weighted by Crippen LogP contribution is -2.47. The van der Waals surface area contributed by atoms with E-state index in [-0.39, 0.29) is 5.41 Å². The molecule has 2 nitrogen and oxygen atoms in total. The molecule has 0 aliphatic carbocycles. The van der Waals surface area contributed by atoms with Crippen LogP contribution in [0.15, 0.2) is 18.2 Å². The maximum Gasteiger partial charge on any atom is 0.128 e. The third-order valence-electron chi connectivity index (χ3n) is 4.68. The van der Waals surface area contributed by atoms with Crippen molar-refractivity contribution >= 4 is 11.8 Å². The summed E-state index contributed by atoms with van der Waals surface area (Å²) in [6.45, 7) is 5.12. The van der Waals surface area contributed by atoms with E-state index < -0.39 is 5.60 Å². The largest absolute Gasteiger partial charge is 0.493 e. The first-order valence-electron chi connectivity index (χ1n) is 7.10. The van der Waals surface area contributed by atoms with Crippen molar-refractivity contribution in [3.63, 3.8) is 0 Å². The molecular formula is C16H22O2S. The summed E-state index contributed by atoms with van der Waals surface area (Å²) in [5.41, 5.74) is 1.37. The third kappa shape index (κ3) is 2.07. The molecule has 1 aromatic carbocycles. The number of thioether (sulfide) groups is 1. The second kappa shape index (κ2) is 4.71. The predicted molar refractivity (Wildman–Crippen MR) is 79.9 cm³/mol. The molecule has 1 aromatic rings. The van der Waals surface area contributed by atoms with Crippen LogP contribution in [0.4, 0.5) is 0 Å². The van der Waals surface area contributed by atoms with Crippen LogP contribution in [0.25, 0.3) is 0 Å². The number of aryl methyl sites for hydroxylation is 1. The fourth-order valence-corrected chi connectivity index (χ4v) is 4.75. The van der Waals surface area contributed by atoms with Crippen molar-refractivity contribution < 1.29 is 9.84 Å². The van der Waals surface area contributed by atoms with Gasteiger partial charge in [-0.25, -0.2) is 0 Å². The van der Waals surface area contributed by atoms with Gasteiger partial charge in [0.15, 0.2) is 0 Å². The number of ether oxygens (including phenoxy) is 1. The first-order valence-corrected chi connectivity index (χ1v) is 8.25. The number of rotatable bonds is 1. The van der Waals surface area contributed by atoms with E-state index in [1.165, 1.54) is 5.56 Å². The molecule has 0 amide bonds. The average Bonchev–Trinajstić information content (AvgIpc) is 2.41. The summed E-state index contributed by atoms with van der Waals surface area (Å²) in [5, 5.41) is 11.3. The van der Waals surface area contributed by atoms with Gasteiger partial charge in [0.25, 0.3) is 0 Å². The summed E-state index contributed by atoms with van der Waals surface area (Å²) in [4.78, 5) is 0. The number of hydrogen-bond acceptors (Lipinski definition) is 3. The van der Waals surface area contributed by atoms with Gasteiger partial charge in [-0.2, -0.15) is 11.8 Å². The number of hydrogen-bond donors (Lipinski definition) is 1. The Kier molecular flexibility index (Phi) is 3.30. The zero-order chi connectivity index (χ0) is 13.5. The molecule has 0 spiro atoms. The van der Waals surface area contributed by atoms with Crippen LogP contribution in [0.3, 0.4) is 0 Å². The Morgan fingerprint density at radius 1 is 1.32 bits per heavy atom. The standard InChI is InChI=1S/C16H22O2S/c1-15(2)8-10-19-11-16(15,17)13-7-3-5-12-6-4-9-18-14(12)13/h3,5,7,17H,4,6,8-11H2,1-2H3. The van der Waals surface area contributed by atoms with Crippen molar-refractivity contribution in [1.29, 1.82) is 0 Å². The molecule has 0 bridgehead atoms. The van der Waals surface area contributed by atoms with Crippen LogP contribution in [0.2, 0.25) is 0 Å². The van der Waals surface area contributed by atoms with Crippen LogP contribution >= 0.6 is 11.8 Å². The number of aliphatic hydroxyl groups is 1. The minimum absolute atomic E-state index is 0.103. The van der Waals surface area contributed by atoms with Gasteiger partial charge in [-0.05, 0) is 36.0 Å². The Bertz CT molecular complexity index is 484. The summed E-state index contributed by atoms with van der Waals surface area (Å²) in [7, 11) is 0. The molecule has 104 valence electrons. The first kappa shape index (κ1) is 13.3. The van der Waals surface area contributed by atoms with Gasteiger partial charge in [0.05, 0.1) is 6.61 Å². The normalized spacial score (nSPS) is 29.4. The maximum absolute atomic E-state index is 11.3. The van der Waals surface area contributed by atoms with Crippen molar-refractivity contribution in [1.82, 2.24) is 0 Å². The molecule has 0 radical (unpaired) electrons. The molecule has 1 atom stereocenters. The summed E-state index contributed by atoms with van der Waals surface area (Å²) in [6.07, 6.45) is 3.18. The van der Waals surface area contributed by atoms with E-state index in [0.29, 0.717) is 0 Å². The summed E-state index contributed by atoms with van der Waals surface area (Å²) >= 11 is 1.84. The highest BCUT2D eigenvalue weighted by Crippen LogP contribution is 2.51. The zero-order valence-corrected chi connectivity index (χ0v) is 12.6. The highest BCUT2D eigenvalue weighted by atomic mass is 32.2. The van der Waals surface area contributed by atoms with Crippen molar-refractivity contribution in [2.24, 2.45) is 5.41 Å². The topological polar surface area (TPSA) is 29.5 Å². The van der Waals surface area contributed by atoms with E-state index >= 15 is 0 Å². The molecule has 3 rings (SSSR count). The first-order chi connectivity index (χ1) is 9.05. The Hall–Kier alpha value is -0.670. The minimum atomic E-state index is -0.779. The number of benzene rings is 1. The number of para-hydroxylation sites is 1. The van der Waals surface area contributed by atoms with Crippen LogP contribution in [-0.4, -0.2) is 23.2 Å². The van der Waals surface area contributed by atoms with Gasteiger partial charge in [0, 0.05) is 11.3 Å². The molecule has 1 unspecified atom stereocenters. The molecule has 0 aromatic heterocycles. The van der Waals surface area contributed by atoms with Crippen molar-refractivity contribution in [2.45, 2.75) is 38.7 Å². The Balaban J connectivity index is 2.10. The fourth-order valence-electron chi connectivity index (χ4n) is 3.11. The van der Waals surface area contributed by atoms with Crippen LogP contribution < -0.4 is 4.74 Å². The Labute approximate surface area is 119 Å². The van der Waals surface area contributed by atoms with Crippen LogP contribution in [0, 0.1) is 5.41 Å². The fraction of sp³-hybridized carbons (Fsp3) is 0.625. The highest BCUT2D eigenvalue weighted by molar-refractivity contribution is 7.99. The van der Waals surface area contributed by atoms with Gasteiger partial charge >= 0.3 is 0 Å². The second-order valence-corrected chi connectivity index (χ2v) is 7.40. The van der Waals surface area contributed by atoms with E-state index in [9.17, 15) is 5.11 Å². The van der Waals surface area contributed by atoms with Crippen molar-refractivity contribution in [3.05, 3.63) is 29.3 Å². The van der Waals surface area contributed by atoms with E-state index in [1.54, 1.807) is 0 Å². The third-order valence-corrected chi connectivity index (χ3v) is 5.80. The van der Waals surface area contributed by atoms with E-state index in [1.807, 2.05) is 11.8 Å². The summed E-state index contributed by atoms with van der Waals surface area (Å²) in [6, 6.07) is 6.25. The zero-order valence-electron chi connectivity index (χ0n) is 11.7. The minimum Gasteiger partial charge on any atom is -0.493 e. The molecule has 1 N–H and O–H groups in total. The highest BCUT2D eigenvalue weighted by Gasteiger charge is 2.48. The number of fused-ring (bicyclic) bond motifs is 1. The van der Waals surface area contributed by atoms with Crippen LogP contribution in [0.1, 0.15) is 37.8 Å². The van der Waals surface area contributed by atoms with Crippen LogP contribution in [-0.2, 0) is 12.0 Å². The molecule has 1 saturated heterocycles. The quantitative estimate of drug-likeness (QED) is 0.854. The van der Waals surface area contributed by atoms with Gasteiger partial charge < -0.3 is 9.84 Å². The van der Waals surface area contributed by atoms with Gasteiger partial charge in [-0.3, -0.25) is 0 Å². The van der Waals surface area contributed by atoms with Gasteiger partial charge in [-0.15, -0.1) is 0 Å². The van der Waals surface area contributed by atoms with E-state index in [4.69, 9.17) is 4.74 Å². The molecule has 2 aliphatic heterocycles. The average molecular weight is 278 g/mol. The molecular weight excluding hydrogens is 256 g/mol. The summed E-state index contributed by atoms with van der Waals surface area (Å²) < 4.78 is 5.90. The lowest BCUT2D eigenvalue weighted by Gasteiger charge is -2.47. The second-order valence-electron chi connectivity index (χ2n) is 6.29.